The van der Waals surface area contributed by atoms with Crippen LogP contribution < -0.4 is 5.46 Å². The second-order valence-corrected chi connectivity index (χ2v) is 9.72. The highest BCUT2D eigenvalue weighted by Gasteiger charge is 2.52. The zero-order valence-corrected chi connectivity index (χ0v) is 18.9. The van der Waals surface area contributed by atoms with Gasteiger partial charge in [-0.05, 0) is 56.7 Å². The summed E-state index contributed by atoms with van der Waals surface area (Å²) < 4.78 is 15.3. The number of aromatic nitrogens is 1. The van der Waals surface area contributed by atoms with Crippen LogP contribution in [0.5, 0.6) is 0 Å². The van der Waals surface area contributed by atoms with Crippen molar-refractivity contribution in [2.75, 3.05) is 0 Å². The van der Waals surface area contributed by atoms with E-state index in [9.17, 15) is 0 Å². The third-order valence-corrected chi connectivity index (χ3v) is 7.22. The smallest absolute Gasteiger partial charge is 0.399 e. The predicted octanol–water partition coefficient (Wildman–Crippen LogP) is 6.24. The van der Waals surface area contributed by atoms with Gasteiger partial charge in [0.25, 0.3) is 0 Å². The number of nitrogens with zero attached hydrogens (tertiary/aromatic N) is 1. The molecule has 1 aliphatic heterocycles. The van der Waals surface area contributed by atoms with Crippen molar-refractivity contribution >= 4 is 45.2 Å². The summed E-state index contributed by atoms with van der Waals surface area (Å²) in [6.07, 6.45) is 0. The Kier molecular flexibility index (Phi) is 4.11. The Bertz CT molecular complexity index is 1480. The molecule has 0 radical (unpaired) electrons. The molecule has 6 rings (SSSR count). The Balaban J connectivity index is 1.67. The number of rotatable bonds is 2. The van der Waals surface area contributed by atoms with Crippen molar-refractivity contribution in [1.29, 1.82) is 0 Å². The van der Waals surface area contributed by atoms with Crippen LogP contribution in [0.4, 0.5) is 0 Å². The molecule has 0 bridgehead atoms. The molecule has 0 amide bonds. The first kappa shape index (κ1) is 19.6. The molecule has 0 unspecified atom stereocenters. The number of benzene rings is 4. The lowest BCUT2D eigenvalue weighted by atomic mass is 9.77. The minimum Gasteiger partial charge on any atom is -0.399 e. The highest BCUT2D eigenvalue weighted by atomic mass is 16.7. The van der Waals surface area contributed by atoms with E-state index < -0.39 is 7.12 Å². The maximum Gasteiger partial charge on any atom is 0.497 e. The Hall–Kier alpha value is -3.08. The van der Waals surface area contributed by atoms with Gasteiger partial charge in [-0.15, -0.1) is 0 Å². The molecule has 1 aliphatic rings. The van der Waals surface area contributed by atoms with Crippen LogP contribution in [0.2, 0.25) is 0 Å². The van der Waals surface area contributed by atoms with E-state index in [-0.39, 0.29) is 11.2 Å². The molecule has 0 aliphatic carbocycles. The third-order valence-electron chi connectivity index (χ3n) is 7.22. The van der Waals surface area contributed by atoms with Gasteiger partial charge in [-0.2, -0.15) is 0 Å². The predicted molar refractivity (Wildman–Crippen MR) is 134 cm³/mol. The summed E-state index contributed by atoms with van der Waals surface area (Å²) in [6.45, 7) is 8.41. The van der Waals surface area contributed by atoms with Crippen LogP contribution >= 0.6 is 0 Å². The molecule has 4 heteroatoms. The third kappa shape index (κ3) is 2.76. The Labute approximate surface area is 188 Å². The highest BCUT2D eigenvalue weighted by molar-refractivity contribution is 6.65. The molecule has 5 aromatic rings. The minimum absolute atomic E-state index is 0.389. The van der Waals surface area contributed by atoms with Crippen molar-refractivity contribution in [1.82, 2.24) is 4.57 Å². The van der Waals surface area contributed by atoms with Crippen molar-refractivity contribution in [3.05, 3.63) is 84.9 Å². The SMILES string of the molecule is CC1(C)OB(c2cccc3c4ccccc4n(-c4ccc5ccccc5c4)c23)OC1(C)C. The summed E-state index contributed by atoms with van der Waals surface area (Å²) in [4.78, 5) is 0. The largest absolute Gasteiger partial charge is 0.497 e. The van der Waals surface area contributed by atoms with Crippen LogP contribution in [0.15, 0.2) is 84.9 Å². The van der Waals surface area contributed by atoms with Gasteiger partial charge in [0.15, 0.2) is 0 Å². The first-order valence-electron chi connectivity index (χ1n) is 11.2. The van der Waals surface area contributed by atoms with Crippen molar-refractivity contribution in [2.24, 2.45) is 0 Å². The van der Waals surface area contributed by atoms with Crippen LogP contribution in [0, 0.1) is 0 Å². The molecule has 0 saturated carbocycles. The lowest BCUT2D eigenvalue weighted by Crippen LogP contribution is -2.41. The summed E-state index contributed by atoms with van der Waals surface area (Å²) in [7, 11) is -0.424. The fourth-order valence-corrected chi connectivity index (χ4v) is 4.79. The lowest BCUT2D eigenvalue weighted by molar-refractivity contribution is 0.00578. The van der Waals surface area contributed by atoms with Crippen molar-refractivity contribution < 1.29 is 9.31 Å². The van der Waals surface area contributed by atoms with Crippen molar-refractivity contribution in [2.45, 2.75) is 38.9 Å². The van der Waals surface area contributed by atoms with Gasteiger partial charge in [0.05, 0.1) is 22.2 Å². The average molecular weight is 419 g/mol. The van der Waals surface area contributed by atoms with E-state index in [0.29, 0.717) is 0 Å². The molecule has 1 fully saturated rings. The van der Waals surface area contributed by atoms with Crippen LogP contribution in [-0.2, 0) is 9.31 Å². The standard InChI is InChI=1S/C28H26BNO2/c1-27(2)28(3,4)32-29(31-27)24-14-9-13-23-22-12-7-8-15-25(22)30(26(23)24)21-17-16-19-10-5-6-11-20(19)18-21/h5-18H,1-4H3. The number of para-hydroxylation sites is 2. The van der Waals surface area contributed by atoms with Gasteiger partial charge in [0, 0.05) is 21.9 Å². The number of hydrogen-bond donors (Lipinski definition) is 0. The number of fused-ring (bicyclic) bond motifs is 4. The Morgan fingerprint density at radius 2 is 1.31 bits per heavy atom. The molecule has 0 spiro atoms. The zero-order chi connectivity index (χ0) is 22.1. The molecular formula is C28H26BNO2. The van der Waals surface area contributed by atoms with Gasteiger partial charge in [0.1, 0.15) is 0 Å². The van der Waals surface area contributed by atoms with Gasteiger partial charge >= 0.3 is 7.12 Å². The first-order valence-corrected chi connectivity index (χ1v) is 11.2. The molecule has 0 atom stereocenters. The van der Waals surface area contributed by atoms with Crippen LogP contribution in [0.25, 0.3) is 38.3 Å². The molecule has 0 N–H and O–H groups in total. The van der Waals surface area contributed by atoms with E-state index in [1.54, 1.807) is 0 Å². The number of hydrogen-bond acceptors (Lipinski definition) is 2. The Morgan fingerprint density at radius 3 is 2.09 bits per heavy atom. The summed E-state index contributed by atoms with van der Waals surface area (Å²) in [5, 5.41) is 4.90. The van der Waals surface area contributed by atoms with E-state index in [2.05, 4.69) is 117 Å². The van der Waals surface area contributed by atoms with E-state index in [1.165, 1.54) is 27.1 Å². The molecule has 158 valence electrons. The monoisotopic (exact) mass is 419 g/mol. The van der Waals surface area contributed by atoms with Crippen LogP contribution in [-0.4, -0.2) is 22.9 Å². The summed E-state index contributed by atoms with van der Waals surface area (Å²) in [5.41, 5.74) is 3.74. The van der Waals surface area contributed by atoms with E-state index in [0.717, 1.165) is 16.7 Å². The first-order chi connectivity index (χ1) is 15.4. The molecule has 4 aromatic carbocycles. The van der Waals surface area contributed by atoms with E-state index in [1.807, 2.05) is 0 Å². The van der Waals surface area contributed by atoms with Gasteiger partial charge in [-0.1, -0.05) is 66.7 Å². The summed E-state index contributed by atoms with van der Waals surface area (Å²) in [5.74, 6) is 0. The summed E-state index contributed by atoms with van der Waals surface area (Å²) >= 11 is 0. The van der Waals surface area contributed by atoms with Crippen LogP contribution in [0.1, 0.15) is 27.7 Å². The fourth-order valence-electron chi connectivity index (χ4n) is 4.79. The van der Waals surface area contributed by atoms with Crippen molar-refractivity contribution in [3.8, 4) is 5.69 Å². The van der Waals surface area contributed by atoms with Gasteiger partial charge < -0.3 is 13.9 Å². The zero-order valence-electron chi connectivity index (χ0n) is 18.9. The molecule has 1 aromatic heterocycles. The molecule has 2 heterocycles. The van der Waals surface area contributed by atoms with Crippen LogP contribution in [0.3, 0.4) is 0 Å². The maximum absolute atomic E-state index is 6.48. The lowest BCUT2D eigenvalue weighted by Gasteiger charge is -2.32. The Morgan fingerprint density at radius 1 is 0.656 bits per heavy atom. The van der Waals surface area contributed by atoms with Crippen molar-refractivity contribution in [3.63, 3.8) is 0 Å². The van der Waals surface area contributed by atoms with Gasteiger partial charge in [-0.25, -0.2) is 0 Å². The average Bonchev–Trinajstić information content (AvgIpc) is 3.23. The molecular weight excluding hydrogens is 393 g/mol. The van der Waals surface area contributed by atoms with Gasteiger partial charge in [0.2, 0.25) is 0 Å². The second-order valence-electron chi connectivity index (χ2n) is 9.72. The molecule has 32 heavy (non-hydrogen) atoms. The minimum atomic E-state index is -0.424. The van der Waals surface area contributed by atoms with E-state index in [4.69, 9.17) is 9.31 Å². The topological polar surface area (TPSA) is 23.4 Å². The highest BCUT2D eigenvalue weighted by Crippen LogP contribution is 2.38. The van der Waals surface area contributed by atoms with E-state index >= 15 is 0 Å². The fraction of sp³-hybridized carbons (Fsp3) is 0.214. The quantitative estimate of drug-likeness (QED) is 0.317. The molecule has 1 saturated heterocycles. The maximum atomic E-state index is 6.48. The van der Waals surface area contributed by atoms with Gasteiger partial charge in [-0.3, -0.25) is 0 Å². The molecule has 3 nitrogen and oxygen atoms in total. The second kappa shape index (κ2) is 6.71. The normalized spacial score (nSPS) is 17.6. The summed E-state index contributed by atoms with van der Waals surface area (Å²) in [6, 6.07) is 30.2.